The van der Waals surface area contributed by atoms with Gasteiger partial charge in [0, 0.05) is 11.7 Å². The van der Waals surface area contributed by atoms with Gasteiger partial charge in [0.2, 0.25) is 11.8 Å². The lowest BCUT2D eigenvalue weighted by Crippen LogP contribution is -2.36. The van der Waals surface area contributed by atoms with Gasteiger partial charge >= 0.3 is 0 Å². The predicted molar refractivity (Wildman–Crippen MR) is 115 cm³/mol. The van der Waals surface area contributed by atoms with Crippen molar-refractivity contribution in [2.24, 2.45) is 0 Å². The van der Waals surface area contributed by atoms with Crippen LogP contribution in [0, 0.1) is 13.8 Å². The fraction of sp³-hybridized carbons (Fsp3) is 0.286. The zero-order chi connectivity index (χ0) is 19.7. The molecule has 0 unspecified atom stereocenters. The highest BCUT2D eigenvalue weighted by atomic mass is 35.5. The van der Waals surface area contributed by atoms with Crippen molar-refractivity contribution in [1.82, 2.24) is 15.1 Å². The minimum atomic E-state index is 0.403. The fourth-order valence-corrected chi connectivity index (χ4v) is 3.56. The van der Waals surface area contributed by atoms with Gasteiger partial charge in [-0.25, -0.2) is 0 Å². The van der Waals surface area contributed by atoms with Crippen molar-refractivity contribution in [2.45, 2.75) is 39.3 Å². The van der Waals surface area contributed by atoms with E-state index in [0.717, 1.165) is 29.7 Å². The number of aromatic nitrogens is 2. The molecule has 2 aromatic carbocycles. The fourth-order valence-electron chi connectivity index (χ4n) is 3.02. The Balaban J connectivity index is 1.51. The number of nitrogens with one attached hydrogen (secondary N) is 1. The van der Waals surface area contributed by atoms with E-state index in [1.165, 1.54) is 5.56 Å². The molecule has 0 aliphatic heterocycles. The van der Waals surface area contributed by atoms with Crippen LogP contribution in [0.2, 0.25) is 5.02 Å². The number of benzene rings is 2. The summed E-state index contributed by atoms with van der Waals surface area (Å²) in [6.07, 6.45) is 2.22. The highest BCUT2D eigenvalue weighted by molar-refractivity contribution is 7.80. The van der Waals surface area contributed by atoms with Crippen LogP contribution in [0.15, 0.2) is 46.9 Å². The second-order valence-corrected chi connectivity index (χ2v) is 7.88. The molecule has 7 heteroatoms. The molecule has 1 N–H and O–H groups in total. The number of hydrogen-bond acceptors (Lipinski definition) is 4. The van der Waals surface area contributed by atoms with Crippen LogP contribution < -0.4 is 5.32 Å². The van der Waals surface area contributed by atoms with Crippen LogP contribution in [0.4, 0.5) is 5.69 Å². The Bertz CT molecular complexity index is 1020. The molecule has 1 heterocycles. The lowest BCUT2D eigenvalue weighted by Gasteiger charge is -2.25. The average molecular weight is 413 g/mol. The standard InChI is InChI=1S/C21H21ClN4OS/c1-13-7-8-14(2)18(11-13)23-21(28)26(15-9-10-15)12-19-24-25-20(27-19)16-5-3-4-6-17(16)22/h3-8,11,15H,9-10,12H2,1-2H3,(H,23,28). The summed E-state index contributed by atoms with van der Waals surface area (Å²) in [5.41, 5.74) is 4.10. The summed E-state index contributed by atoms with van der Waals surface area (Å²) in [6.45, 7) is 4.61. The highest BCUT2D eigenvalue weighted by Gasteiger charge is 2.32. The second-order valence-electron chi connectivity index (χ2n) is 7.09. The lowest BCUT2D eigenvalue weighted by molar-refractivity contribution is 0.351. The Kier molecular flexibility index (Phi) is 5.33. The zero-order valence-electron chi connectivity index (χ0n) is 15.8. The van der Waals surface area contributed by atoms with E-state index in [9.17, 15) is 0 Å². The molecule has 0 saturated heterocycles. The van der Waals surface area contributed by atoms with Gasteiger partial charge in [-0.3, -0.25) is 0 Å². The van der Waals surface area contributed by atoms with Crippen molar-refractivity contribution in [2.75, 3.05) is 5.32 Å². The number of nitrogens with zero attached hydrogens (tertiary/aromatic N) is 3. The maximum Gasteiger partial charge on any atom is 0.249 e. The van der Waals surface area contributed by atoms with Crippen LogP contribution in [0.3, 0.4) is 0 Å². The van der Waals surface area contributed by atoms with Gasteiger partial charge in [-0.15, -0.1) is 10.2 Å². The van der Waals surface area contributed by atoms with E-state index in [1.54, 1.807) is 6.07 Å². The number of hydrogen-bond donors (Lipinski definition) is 1. The molecular formula is C21H21ClN4OS. The number of anilines is 1. The van der Waals surface area contributed by atoms with E-state index in [-0.39, 0.29) is 0 Å². The molecule has 0 amide bonds. The van der Waals surface area contributed by atoms with Gasteiger partial charge in [0.05, 0.1) is 17.1 Å². The molecule has 0 atom stereocenters. The molecule has 1 aromatic heterocycles. The third-order valence-corrected chi connectivity index (χ3v) is 5.43. The third kappa shape index (κ3) is 4.18. The maximum atomic E-state index is 6.23. The van der Waals surface area contributed by atoms with E-state index in [0.29, 0.717) is 34.5 Å². The molecule has 28 heavy (non-hydrogen) atoms. The Morgan fingerprint density at radius 1 is 1.21 bits per heavy atom. The van der Waals surface area contributed by atoms with Crippen molar-refractivity contribution in [3.8, 4) is 11.5 Å². The molecule has 4 rings (SSSR count). The van der Waals surface area contributed by atoms with Gasteiger partial charge in [-0.1, -0.05) is 35.9 Å². The van der Waals surface area contributed by atoms with Crippen molar-refractivity contribution in [3.05, 3.63) is 64.5 Å². The molecule has 1 fully saturated rings. The average Bonchev–Trinajstić information content (AvgIpc) is 3.41. The first-order chi connectivity index (χ1) is 13.5. The van der Waals surface area contributed by atoms with Gasteiger partial charge in [-0.2, -0.15) is 0 Å². The van der Waals surface area contributed by atoms with E-state index in [2.05, 4.69) is 52.5 Å². The molecule has 5 nitrogen and oxygen atoms in total. The van der Waals surface area contributed by atoms with E-state index in [1.807, 2.05) is 18.2 Å². The first kappa shape index (κ1) is 18.9. The summed E-state index contributed by atoms with van der Waals surface area (Å²) in [4.78, 5) is 2.13. The molecule has 3 aromatic rings. The normalized spacial score (nSPS) is 13.4. The molecule has 1 aliphatic rings. The van der Waals surface area contributed by atoms with Crippen molar-refractivity contribution < 1.29 is 4.42 Å². The summed E-state index contributed by atoms with van der Waals surface area (Å²) in [7, 11) is 0. The molecule has 144 valence electrons. The quantitative estimate of drug-likeness (QED) is 0.568. The minimum Gasteiger partial charge on any atom is -0.419 e. The molecule has 1 saturated carbocycles. The Morgan fingerprint density at radius 3 is 2.75 bits per heavy atom. The number of halogens is 1. The van der Waals surface area contributed by atoms with Gasteiger partial charge < -0.3 is 14.6 Å². The van der Waals surface area contributed by atoms with Crippen LogP contribution in [0.5, 0.6) is 0 Å². The summed E-state index contributed by atoms with van der Waals surface area (Å²) in [5, 5.41) is 13.0. The lowest BCUT2D eigenvalue weighted by atomic mass is 10.1. The van der Waals surface area contributed by atoms with Crippen LogP contribution in [-0.2, 0) is 6.54 Å². The van der Waals surface area contributed by atoms with E-state index >= 15 is 0 Å². The van der Waals surface area contributed by atoms with Gasteiger partial charge in [0.15, 0.2) is 5.11 Å². The molecule has 1 aliphatic carbocycles. The van der Waals surface area contributed by atoms with E-state index < -0.39 is 0 Å². The number of thiocarbonyl (C=S) groups is 1. The summed E-state index contributed by atoms with van der Waals surface area (Å²) in [6, 6.07) is 14.1. The maximum absolute atomic E-state index is 6.23. The number of aryl methyl sites for hydroxylation is 2. The molecule has 0 spiro atoms. The van der Waals surface area contributed by atoms with Crippen LogP contribution in [-0.4, -0.2) is 26.3 Å². The monoisotopic (exact) mass is 412 g/mol. The van der Waals surface area contributed by atoms with Gasteiger partial charge in [-0.05, 0) is 68.2 Å². The minimum absolute atomic E-state index is 0.403. The van der Waals surface area contributed by atoms with Gasteiger partial charge in [0.1, 0.15) is 0 Å². The van der Waals surface area contributed by atoms with Crippen molar-refractivity contribution in [1.29, 1.82) is 0 Å². The largest absolute Gasteiger partial charge is 0.419 e. The predicted octanol–water partition coefficient (Wildman–Crippen LogP) is 5.37. The Labute approximate surface area is 174 Å². The Morgan fingerprint density at radius 2 is 2.00 bits per heavy atom. The van der Waals surface area contributed by atoms with Crippen molar-refractivity contribution >= 4 is 34.6 Å². The van der Waals surface area contributed by atoms with Gasteiger partial charge in [0.25, 0.3) is 0 Å². The second kappa shape index (κ2) is 7.89. The summed E-state index contributed by atoms with van der Waals surface area (Å²) < 4.78 is 5.87. The van der Waals surface area contributed by atoms with Crippen LogP contribution >= 0.6 is 23.8 Å². The first-order valence-corrected chi connectivity index (χ1v) is 10.0. The molecule has 0 radical (unpaired) electrons. The molecular weight excluding hydrogens is 392 g/mol. The first-order valence-electron chi connectivity index (χ1n) is 9.23. The van der Waals surface area contributed by atoms with Crippen LogP contribution in [0.1, 0.15) is 29.9 Å². The zero-order valence-corrected chi connectivity index (χ0v) is 17.3. The van der Waals surface area contributed by atoms with Crippen molar-refractivity contribution in [3.63, 3.8) is 0 Å². The Hall–Kier alpha value is -2.44. The smallest absolute Gasteiger partial charge is 0.249 e. The summed E-state index contributed by atoms with van der Waals surface area (Å²) in [5.74, 6) is 0.941. The van der Waals surface area contributed by atoms with Crippen LogP contribution in [0.25, 0.3) is 11.5 Å². The SMILES string of the molecule is Cc1ccc(C)c(NC(=S)N(Cc2nnc(-c3ccccc3Cl)o2)C2CC2)c1. The molecule has 0 bridgehead atoms. The third-order valence-electron chi connectivity index (χ3n) is 4.76. The van der Waals surface area contributed by atoms with E-state index in [4.69, 9.17) is 28.2 Å². The topological polar surface area (TPSA) is 54.2 Å². The number of rotatable bonds is 5. The summed E-state index contributed by atoms with van der Waals surface area (Å²) >= 11 is 11.9. The highest BCUT2D eigenvalue weighted by Crippen LogP contribution is 2.31.